The molecule has 0 aliphatic carbocycles. The van der Waals surface area contributed by atoms with Crippen molar-refractivity contribution in [1.29, 1.82) is 0 Å². The highest BCUT2D eigenvalue weighted by Gasteiger charge is 2.34. The Morgan fingerprint density at radius 1 is 1.00 bits per heavy atom. The van der Waals surface area contributed by atoms with Gasteiger partial charge in [0.1, 0.15) is 0 Å². The van der Waals surface area contributed by atoms with Gasteiger partial charge in [-0.3, -0.25) is 19.3 Å². The third-order valence-electron chi connectivity index (χ3n) is 5.37. The van der Waals surface area contributed by atoms with Gasteiger partial charge in [-0.15, -0.1) is 10.2 Å². The number of halogens is 1. The predicted octanol–water partition coefficient (Wildman–Crippen LogP) is 4.33. The molecule has 0 fully saturated rings. The molecule has 0 bridgehead atoms. The van der Waals surface area contributed by atoms with E-state index in [1.165, 1.54) is 16.7 Å². The number of hydrogen-bond donors (Lipinski definition) is 0. The molecular formula is C24H23ClN4O4S. The molecule has 2 amide bonds. The van der Waals surface area contributed by atoms with Gasteiger partial charge in [0.25, 0.3) is 11.8 Å². The Hall–Kier alpha value is -3.17. The molecule has 10 heteroatoms. The maximum Gasteiger partial charge on any atom is 0.316 e. The molecule has 2 aromatic carbocycles. The Morgan fingerprint density at radius 2 is 1.68 bits per heavy atom. The molecule has 0 saturated carbocycles. The summed E-state index contributed by atoms with van der Waals surface area (Å²) >= 11 is 7.23. The van der Waals surface area contributed by atoms with E-state index < -0.39 is 0 Å². The van der Waals surface area contributed by atoms with Gasteiger partial charge < -0.3 is 9.30 Å². The second-order valence-electron chi connectivity index (χ2n) is 7.58. The van der Waals surface area contributed by atoms with E-state index in [-0.39, 0.29) is 30.1 Å². The minimum Gasteiger partial charge on any atom is -0.465 e. The van der Waals surface area contributed by atoms with Gasteiger partial charge in [-0.25, -0.2) is 0 Å². The van der Waals surface area contributed by atoms with E-state index in [1.54, 1.807) is 36.4 Å². The van der Waals surface area contributed by atoms with Gasteiger partial charge in [0.15, 0.2) is 11.0 Å². The van der Waals surface area contributed by atoms with Gasteiger partial charge in [-0.05, 0) is 56.2 Å². The Kier molecular flexibility index (Phi) is 7.64. The van der Waals surface area contributed by atoms with Gasteiger partial charge in [0.2, 0.25) is 0 Å². The van der Waals surface area contributed by atoms with Crippen LogP contribution in [0.1, 0.15) is 40.5 Å². The van der Waals surface area contributed by atoms with Crippen LogP contribution in [0.3, 0.4) is 0 Å². The Bertz CT molecular complexity index is 1180. The van der Waals surface area contributed by atoms with Crippen LogP contribution in [0.5, 0.6) is 0 Å². The zero-order chi connectivity index (χ0) is 24.1. The van der Waals surface area contributed by atoms with Crippen LogP contribution in [-0.4, -0.2) is 56.4 Å². The number of esters is 1. The number of imide groups is 1. The second-order valence-corrected chi connectivity index (χ2v) is 8.96. The number of thioether (sulfide) groups is 1. The van der Waals surface area contributed by atoms with Crippen molar-refractivity contribution >= 4 is 41.1 Å². The Labute approximate surface area is 206 Å². The molecule has 0 unspecified atom stereocenters. The van der Waals surface area contributed by atoms with E-state index in [0.29, 0.717) is 53.1 Å². The molecule has 0 atom stereocenters. The number of carbonyl (C=O) groups excluding carboxylic acids is 3. The van der Waals surface area contributed by atoms with Crippen molar-refractivity contribution in [3.8, 4) is 11.4 Å². The first-order valence-corrected chi connectivity index (χ1v) is 12.3. The largest absolute Gasteiger partial charge is 0.465 e. The summed E-state index contributed by atoms with van der Waals surface area (Å²) in [7, 11) is 0. The van der Waals surface area contributed by atoms with Crippen LogP contribution >= 0.6 is 23.4 Å². The summed E-state index contributed by atoms with van der Waals surface area (Å²) in [5.41, 5.74) is 1.77. The summed E-state index contributed by atoms with van der Waals surface area (Å²) in [6.45, 7) is 3.16. The zero-order valence-electron chi connectivity index (χ0n) is 18.6. The average Bonchev–Trinajstić information content (AvgIpc) is 3.37. The van der Waals surface area contributed by atoms with Gasteiger partial charge in [-0.1, -0.05) is 35.5 Å². The molecule has 0 N–H and O–H groups in total. The van der Waals surface area contributed by atoms with Gasteiger partial charge in [0, 0.05) is 23.7 Å². The first-order valence-electron chi connectivity index (χ1n) is 10.9. The van der Waals surface area contributed by atoms with Crippen LogP contribution in [0.4, 0.5) is 0 Å². The molecule has 4 rings (SSSR count). The number of amides is 2. The van der Waals surface area contributed by atoms with Crippen LogP contribution in [0.25, 0.3) is 11.4 Å². The maximum atomic E-state index is 12.4. The van der Waals surface area contributed by atoms with Crippen LogP contribution in [-0.2, 0) is 16.1 Å². The first kappa shape index (κ1) is 24.0. The number of hydrogen-bond acceptors (Lipinski definition) is 7. The fourth-order valence-electron chi connectivity index (χ4n) is 3.66. The molecule has 8 nitrogen and oxygen atoms in total. The normalized spacial score (nSPS) is 12.8. The topological polar surface area (TPSA) is 94.4 Å². The van der Waals surface area contributed by atoms with E-state index >= 15 is 0 Å². The molecule has 34 heavy (non-hydrogen) atoms. The summed E-state index contributed by atoms with van der Waals surface area (Å²) < 4.78 is 7.24. The number of carbonyl (C=O) groups is 3. The number of aromatic nitrogens is 3. The minimum atomic E-state index is -0.357. The van der Waals surface area contributed by atoms with Crippen LogP contribution < -0.4 is 0 Å². The minimum absolute atomic E-state index is 0.108. The van der Waals surface area contributed by atoms with Crippen molar-refractivity contribution in [3.63, 3.8) is 0 Å². The first-order chi connectivity index (χ1) is 16.5. The monoisotopic (exact) mass is 498 g/mol. The van der Waals surface area contributed by atoms with E-state index in [9.17, 15) is 14.4 Å². The lowest BCUT2D eigenvalue weighted by molar-refractivity contribution is -0.140. The Balaban J connectivity index is 1.20. The number of fused-ring (bicyclic) bond motifs is 1. The summed E-state index contributed by atoms with van der Waals surface area (Å²) in [6, 6.07) is 14.2. The summed E-state index contributed by atoms with van der Waals surface area (Å²) in [6.07, 6.45) is 1.11. The highest BCUT2D eigenvalue weighted by Crippen LogP contribution is 2.25. The highest BCUT2D eigenvalue weighted by atomic mass is 35.5. The molecule has 176 valence electrons. The number of benzene rings is 2. The second kappa shape index (κ2) is 10.8. The fraction of sp³-hybridized carbons (Fsp3) is 0.292. The van der Waals surface area contributed by atoms with E-state index in [0.717, 1.165) is 5.56 Å². The lowest BCUT2D eigenvalue weighted by atomic mass is 10.1. The number of unbranched alkanes of at least 4 members (excludes halogenated alkanes) is 1. The van der Waals surface area contributed by atoms with Crippen molar-refractivity contribution in [2.75, 3.05) is 18.9 Å². The van der Waals surface area contributed by atoms with E-state index in [4.69, 9.17) is 16.3 Å². The van der Waals surface area contributed by atoms with Gasteiger partial charge in [0.05, 0.1) is 23.5 Å². The van der Waals surface area contributed by atoms with Crippen molar-refractivity contribution in [3.05, 3.63) is 64.7 Å². The molecule has 0 spiro atoms. The number of nitrogens with zero attached hydrogens (tertiary/aromatic N) is 4. The fourth-order valence-corrected chi connectivity index (χ4v) is 4.58. The molecule has 1 aliphatic rings. The summed E-state index contributed by atoms with van der Waals surface area (Å²) in [5.74, 6) is -0.0800. The molecule has 0 saturated heterocycles. The molecule has 0 radical (unpaired) electrons. The van der Waals surface area contributed by atoms with Crippen molar-refractivity contribution in [1.82, 2.24) is 19.7 Å². The quantitative estimate of drug-likeness (QED) is 0.178. The van der Waals surface area contributed by atoms with Crippen LogP contribution in [0, 0.1) is 0 Å². The Morgan fingerprint density at radius 3 is 2.32 bits per heavy atom. The van der Waals surface area contributed by atoms with Crippen molar-refractivity contribution in [2.45, 2.75) is 31.5 Å². The zero-order valence-corrected chi connectivity index (χ0v) is 20.1. The predicted molar refractivity (Wildman–Crippen MR) is 129 cm³/mol. The third kappa shape index (κ3) is 5.15. The van der Waals surface area contributed by atoms with Crippen molar-refractivity contribution in [2.24, 2.45) is 0 Å². The molecule has 1 aromatic heterocycles. The summed E-state index contributed by atoms with van der Waals surface area (Å²) in [5, 5.41) is 9.74. The van der Waals surface area contributed by atoms with E-state index in [1.807, 2.05) is 23.6 Å². The molecule has 1 aliphatic heterocycles. The smallest absolute Gasteiger partial charge is 0.316 e. The van der Waals surface area contributed by atoms with Gasteiger partial charge >= 0.3 is 5.97 Å². The lowest BCUT2D eigenvalue weighted by Crippen LogP contribution is -2.30. The molecule has 3 aromatic rings. The van der Waals surface area contributed by atoms with Crippen LogP contribution in [0.15, 0.2) is 53.7 Å². The standard InChI is InChI=1S/C24H23ClN4O4S/c1-2-28-21(16-9-11-17(25)12-10-16)26-27-24(28)34-15-20(30)33-14-6-5-13-29-22(31)18-7-3-4-8-19(18)23(29)32/h3-4,7-12H,2,5-6,13-15H2,1H3. The summed E-state index contributed by atoms with van der Waals surface area (Å²) in [4.78, 5) is 38.1. The SMILES string of the molecule is CCn1c(SCC(=O)OCCCCN2C(=O)c3ccccc3C2=O)nnc1-c1ccc(Cl)cc1. The van der Waals surface area contributed by atoms with Gasteiger partial charge in [-0.2, -0.15) is 0 Å². The average molecular weight is 499 g/mol. The highest BCUT2D eigenvalue weighted by molar-refractivity contribution is 7.99. The van der Waals surface area contributed by atoms with E-state index in [2.05, 4.69) is 10.2 Å². The maximum absolute atomic E-state index is 12.4. The molecule has 2 heterocycles. The van der Waals surface area contributed by atoms with Crippen LogP contribution in [0.2, 0.25) is 5.02 Å². The number of rotatable bonds is 10. The third-order valence-corrected chi connectivity index (χ3v) is 6.56. The number of ether oxygens (including phenoxy) is 1. The van der Waals surface area contributed by atoms with Crippen molar-refractivity contribution < 1.29 is 19.1 Å². The lowest BCUT2D eigenvalue weighted by Gasteiger charge is -2.13. The molecular weight excluding hydrogens is 476 g/mol.